The lowest BCUT2D eigenvalue weighted by Gasteiger charge is -2.23. The van der Waals surface area contributed by atoms with E-state index in [1.54, 1.807) is 6.07 Å². The normalized spacial score (nSPS) is 17.3. The Labute approximate surface area is 218 Å². The van der Waals surface area contributed by atoms with Gasteiger partial charge in [-0.2, -0.15) is 0 Å². The van der Waals surface area contributed by atoms with Crippen LogP contribution in [0.1, 0.15) is 33.9 Å². The zero-order valence-electron chi connectivity index (χ0n) is 20.6. The number of ketones is 1. The largest absolute Gasteiger partial charge is 0.507 e. The van der Waals surface area contributed by atoms with Gasteiger partial charge in [-0.15, -0.1) is 0 Å². The van der Waals surface area contributed by atoms with Crippen molar-refractivity contribution in [1.82, 2.24) is 4.98 Å². The number of nitrogens with zero attached hydrogens (tertiary/aromatic N) is 2. The second kappa shape index (κ2) is 8.68. The summed E-state index contributed by atoms with van der Waals surface area (Å²) in [6, 6.07) is 24.3. The molecule has 1 aliphatic rings. The Morgan fingerprint density at radius 1 is 0.865 bits per heavy atom. The average molecular weight is 505 g/mol. The van der Waals surface area contributed by atoms with Gasteiger partial charge in [0.2, 0.25) is 0 Å². The summed E-state index contributed by atoms with van der Waals surface area (Å²) in [6.45, 7) is 6.02. The molecule has 182 valence electrons. The molecule has 1 fully saturated rings. The molecule has 1 unspecified atom stereocenters. The van der Waals surface area contributed by atoms with Crippen molar-refractivity contribution in [2.45, 2.75) is 26.8 Å². The van der Waals surface area contributed by atoms with E-state index in [9.17, 15) is 14.7 Å². The summed E-state index contributed by atoms with van der Waals surface area (Å²) in [5, 5.41) is 13.9. The second-order valence-corrected chi connectivity index (χ2v) is 10.6. The number of hydrogen-bond acceptors (Lipinski definition) is 5. The Bertz CT molecular complexity index is 1740. The highest BCUT2D eigenvalue weighted by atomic mass is 32.1. The van der Waals surface area contributed by atoms with E-state index in [1.165, 1.54) is 16.2 Å². The number of thiazole rings is 1. The number of carbonyl (C=O) groups excluding carboxylic acids is 2. The summed E-state index contributed by atoms with van der Waals surface area (Å²) in [5.74, 6) is -1.60. The molecule has 6 heteroatoms. The molecule has 0 spiro atoms. The minimum Gasteiger partial charge on any atom is -0.507 e. The van der Waals surface area contributed by atoms with Crippen LogP contribution >= 0.6 is 11.3 Å². The molecule has 1 aliphatic heterocycles. The Balaban J connectivity index is 1.57. The van der Waals surface area contributed by atoms with Gasteiger partial charge in [0.15, 0.2) is 5.13 Å². The third-order valence-electron chi connectivity index (χ3n) is 7.02. The minimum absolute atomic E-state index is 0.0671. The number of aryl methyl sites for hydroxylation is 3. The maximum absolute atomic E-state index is 13.5. The van der Waals surface area contributed by atoms with Gasteiger partial charge in [0.05, 0.1) is 21.8 Å². The molecule has 1 N–H and O–H groups in total. The number of anilines is 1. The molecule has 1 aromatic heterocycles. The monoisotopic (exact) mass is 504 g/mol. The molecule has 0 saturated carbocycles. The number of rotatable bonds is 3. The second-order valence-electron chi connectivity index (χ2n) is 9.55. The number of fused-ring (bicyclic) bond motifs is 2. The molecule has 4 aromatic carbocycles. The zero-order chi connectivity index (χ0) is 25.8. The number of aliphatic hydroxyl groups excluding tert-OH is 1. The lowest BCUT2D eigenvalue weighted by atomic mass is 9.94. The molecule has 37 heavy (non-hydrogen) atoms. The van der Waals surface area contributed by atoms with Crippen LogP contribution in [0.4, 0.5) is 5.13 Å². The number of carbonyl (C=O) groups is 2. The maximum Gasteiger partial charge on any atom is 0.301 e. The van der Waals surface area contributed by atoms with Crippen molar-refractivity contribution < 1.29 is 14.7 Å². The third-order valence-corrected chi connectivity index (χ3v) is 8.04. The Hall–Kier alpha value is -4.29. The van der Waals surface area contributed by atoms with E-state index in [2.05, 4.69) is 6.07 Å². The highest BCUT2D eigenvalue weighted by Crippen LogP contribution is 2.44. The van der Waals surface area contributed by atoms with Gasteiger partial charge in [-0.05, 0) is 66.4 Å². The van der Waals surface area contributed by atoms with Crippen LogP contribution in [0.2, 0.25) is 0 Å². The number of amides is 1. The standard InChI is InChI=1S/C31H24N2O3S/c1-17-7-6-10-22(13-17)27-26(28(34)23-12-11-20-8-4-5-9-21(20)16-23)29(35)30(36)33(27)31-32-24-14-18(2)19(3)15-25(24)37-31/h4-16,27,34H,1-3H3/b28-26+. The Morgan fingerprint density at radius 3 is 2.41 bits per heavy atom. The molecular weight excluding hydrogens is 480 g/mol. The Morgan fingerprint density at radius 2 is 1.62 bits per heavy atom. The lowest BCUT2D eigenvalue weighted by Crippen LogP contribution is -2.29. The summed E-state index contributed by atoms with van der Waals surface area (Å²) >= 11 is 1.37. The van der Waals surface area contributed by atoms with Crippen molar-refractivity contribution in [3.8, 4) is 0 Å². The van der Waals surface area contributed by atoms with Crippen LogP contribution in [0.3, 0.4) is 0 Å². The first-order valence-electron chi connectivity index (χ1n) is 12.1. The van der Waals surface area contributed by atoms with Gasteiger partial charge in [-0.25, -0.2) is 4.98 Å². The average Bonchev–Trinajstić information content (AvgIpc) is 3.41. The van der Waals surface area contributed by atoms with Crippen LogP contribution in [0.25, 0.3) is 26.7 Å². The summed E-state index contributed by atoms with van der Waals surface area (Å²) < 4.78 is 0.942. The maximum atomic E-state index is 13.5. The van der Waals surface area contributed by atoms with E-state index in [-0.39, 0.29) is 11.3 Å². The predicted molar refractivity (Wildman–Crippen MR) is 149 cm³/mol. The van der Waals surface area contributed by atoms with Gasteiger partial charge in [-0.1, -0.05) is 77.6 Å². The van der Waals surface area contributed by atoms with Crippen LogP contribution < -0.4 is 4.90 Å². The van der Waals surface area contributed by atoms with Crippen molar-refractivity contribution >= 4 is 54.9 Å². The molecule has 5 nitrogen and oxygen atoms in total. The summed E-state index contributed by atoms with van der Waals surface area (Å²) in [4.78, 5) is 33.3. The fraction of sp³-hybridized carbons (Fsp3) is 0.129. The van der Waals surface area contributed by atoms with Gasteiger partial charge in [-0.3, -0.25) is 14.5 Å². The molecule has 1 atom stereocenters. The van der Waals surface area contributed by atoms with Crippen molar-refractivity contribution in [3.05, 3.63) is 112 Å². The number of aromatic nitrogens is 1. The highest BCUT2D eigenvalue weighted by molar-refractivity contribution is 7.22. The molecule has 5 aromatic rings. The van der Waals surface area contributed by atoms with E-state index in [4.69, 9.17) is 4.98 Å². The fourth-order valence-electron chi connectivity index (χ4n) is 4.95. The van der Waals surface area contributed by atoms with Gasteiger partial charge < -0.3 is 5.11 Å². The first-order chi connectivity index (χ1) is 17.8. The SMILES string of the molecule is Cc1cccc(C2/C(=C(\O)c3ccc4ccccc4c3)C(=O)C(=O)N2c2nc3cc(C)c(C)cc3s2)c1. The molecule has 0 radical (unpaired) electrons. The zero-order valence-corrected chi connectivity index (χ0v) is 21.5. The van der Waals surface area contributed by atoms with Gasteiger partial charge >= 0.3 is 5.91 Å². The fourth-order valence-corrected chi connectivity index (χ4v) is 6.02. The molecule has 1 amide bonds. The summed E-state index contributed by atoms with van der Waals surface area (Å²) in [6.07, 6.45) is 0. The quantitative estimate of drug-likeness (QED) is 0.163. The van der Waals surface area contributed by atoms with Crippen LogP contribution in [-0.2, 0) is 9.59 Å². The molecular formula is C31H24N2O3S. The van der Waals surface area contributed by atoms with E-state index in [1.807, 2.05) is 87.5 Å². The van der Waals surface area contributed by atoms with Crippen molar-refractivity contribution in [3.63, 3.8) is 0 Å². The number of aliphatic hydroxyl groups is 1. The lowest BCUT2D eigenvalue weighted by molar-refractivity contribution is -0.132. The van der Waals surface area contributed by atoms with Crippen LogP contribution in [-0.4, -0.2) is 21.8 Å². The summed E-state index contributed by atoms with van der Waals surface area (Å²) in [5.41, 5.74) is 5.32. The predicted octanol–water partition coefficient (Wildman–Crippen LogP) is 7.00. The van der Waals surface area contributed by atoms with Crippen LogP contribution in [0.15, 0.2) is 84.4 Å². The van der Waals surface area contributed by atoms with Gasteiger partial charge in [0, 0.05) is 5.56 Å². The van der Waals surface area contributed by atoms with Gasteiger partial charge in [0.1, 0.15) is 5.76 Å². The van der Waals surface area contributed by atoms with Crippen LogP contribution in [0, 0.1) is 20.8 Å². The molecule has 1 saturated heterocycles. The smallest absolute Gasteiger partial charge is 0.301 e. The number of Topliss-reactive ketones (excluding diaryl/α,β-unsaturated/α-hetero) is 1. The van der Waals surface area contributed by atoms with E-state index < -0.39 is 17.7 Å². The van der Waals surface area contributed by atoms with Crippen molar-refractivity contribution in [1.29, 1.82) is 0 Å². The first-order valence-corrected chi connectivity index (χ1v) is 12.9. The summed E-state index contributed by atoms with van der Waals surface area (Å²) in [7, 11) is 0. The molecule has 6 rings (SSSR count). The van der Waals surface area contributed by atoms with Crippen molar-refractivity contribution in [2.24, 2.45) is 0 Å². The Kier molecular flexibility index (Phi) is 5.42. The number of benzene rings is 4. The third kappa shape index (κ3) is 3.81. The van der Waals surface area contributed by atoms with Gasteiger partial charge in [0.25, 0.3) is 5.78 Å². The first kappa shape index (κ1) is 23.1. The van der Waals surface area contributed by atoms with Crippen LogP contribution in [0.5, 0.6) is 0 Å². The molecule has 0 aliphatic carbocycles. The minimum atomic E-state index is -0.797. The van der Waals surface area contributed by atoms with Crippen molar-refractivity contribution in [2.75, 3.05) is 4.90 Å². The topological polar surface area (TPSA) is 70.5 Å². The van der Waals surface area contributed by atoms with E-state index in [0.29, 0.717) is 10.7 Å². The molecule has 2 heterocycles. The highest BCUT2D eigenvalue weighted by Gasteiger charge is 2.48. The van der Waals surface area contributed by atoms with E-state index >= 15 is 0 Å². The number of hydrogen-bond donors (Lipinski definition) is 1. The molecule has 0 bridgehead atoms. The van der Waals surface area contributed by atoms with E-state index in [0.717, 1.165) is 43.2 Å².